The van der Waals surface area contributed by atoms with E-state index in [9.17, 15) is 14.7 Å². The van der Waals surface area contributed by atoms with E-state index in [1.54, 1.807) is 35.9 Å². The molecule has 6 heteroatoms. The van der Waals surface area contributed by atoms with Gasteiger partial charge in [0.25, 0.3) is 5.91 Å². The summed E-state index contributed by atoms with van der Waals surface area (Å²) in [6, 6.07) is 15.4. The molecule has 1 atom stereocenters. The average molecular weight is 375 g/mol. The lowest BCUT2D eigenvalue weighted by molar-refractivity contribution is 0.0674. The highest BCUT2D eigenvalue weighted by molar-refractivity contribution is 5.95. The molecule has 0 saturated heterocycles. The van der Waals surface area contributed by atoms with Crippen LogP contribution in [0.3, 0.4) is 0 Å². The number of carbonyl (C=O) groups is 2. The Morgan fingerprint density at radius 3 is 2.50 bits per heavy atom. The molecule has 1 N–H and O–H groups in total. The molecule has 1 aliphatic rings. The second kappa shape index (κ2) is 6.96. The summed E-state index contributed by atoms with van der Waals surface area (Å²) in [5.74, 6) is -1.01. The van der Waals surface area contributed by atoms with Crippen LogP contribution in [0.2, 0.25) is 0 Å². The summed E-state index contributed by atoms with van der Waals surface area (Å²) in [5, 5.41) is 13.3. The first kappa shape index (κ1) is 18.0. The molecule has 6 nitrogen and oxygen atoms in total. The van der Waals surface area contributed by atoms with Crippen LogP contribution in [0.4, 0.5) is 0 Å². The number of amides is 1. The van der Waals surface area contributed by atoms with Crippen LogP contribution in [0.1, 0.15) is 50.5 Å². The van der Waals surface area contributed by atoms with E-state index in [0.29, 0.717) is 17.8 Å². The first-order chi connectivity index (χ1) is 13.5. The maximum Gasteiger partial charge on any atom is 0.339 e. The molecule has 0 saturated carbocycles. The number of rotatable bonds is 3. The summed E-state index contributed by atoms with van der Waals surface area (Å²) in [5.41, 5.74) is 4.55. The quantitative estimate of drug-likeness (QED) is 0.758. The van der Waals surface area contributed by atoms with Crippen molar-refractivity contribution in [3.05, 3.63) is 82.7 Å². The van der Waals surface area contributed by atoms with Crippen LogP contribution >= 0.6 is 0 Å². The highest BCUT2D eigenvalue weighted by Gasteiger charge is 2.28. The first-order valence-electron chi connectivity index (χ1n) is 9.24. The van der Waals surface area contributed by atoms with Gasteiger partial charge in [-0.1, -0.05) is 24.3 Å². The molecule has 28 heavy (non-hydrogen) atoms. The second-order valence-corrected chi connectivity index (χ2v) is 7.03. The Kier molecular flexibility index (Phi) is 4.47. The van der Waals surface area contributed by atoms with Gasteiger partial charge in [-0.2, -0.15) is 5.10 Å². The number of fused-ring (bicyclic) bond motifs is 1. The number of carbonyl (C=O) groups excluding carboxylic acids is 1. The molecule has 3 aromatic rings. The minimum absolute atomic E-state index is 0.00281. The van der Waals surface area contributed by atoms with Gasteiger partial charge < -0.3 is 10.0 Å². The largest absolute Gasteiger partial charge is 0.478 e. The van der Waals surface area contributed by atoms with Crippen molar-refractivity contribution < 1.29 is 14.7 Å². The Hall–Kier alpha value is -3.41. The zero-order chi connectivity index (χ0) is 19.8. The Morgan fingerprint density at radius 2 is 1.82 bits per heavy atom. The fraction of sp³-hybridized carbons (Fsp3) is 0.227. The van der Waals surface area contributed by atoms with Gasteiger partial charge in [-0.25, -0.2) is 9.48 Å². The Morgan fingerprint density at radius 1 is 1.11 bits per heavy atom. The number of carboxylic acid groups (broad SMARTS) is 1. The predicted molar refractivity (Wildman–Crippen MR) is 105 cm³/mol. The van der Waals surface area contributed by atoms with Gasteiger partial charge in [0.15, 0.2) is 0 Å². The molecule has 2 aromatic carbocycles. The van der Waals surface area contributed by atoms with Gasteiger partial charge in [0.05, 0.1) is 23.6 Å². The van der Waals surface area contributed by atoms with Gasteiger partial charge in [-0.05, 0) is 55.7 Å². The average Bonchev–Trinajstić information content (AvgIpc) is 3.10. The van der Waals surface area contributed by atoms with E-state index in [0.717, 1.165) is 12.1 Å². The minimum Gasteiger partial charge on any atom is -0.478 e. The van der Waals surface area contributed by atoms with Crippen molar-refractivity contribution in [1.82, 2.24) is 14.7 Å². The van der Waals surface area contributed by atoms with Crippen molar-refractivity contribution in [2.45, 2.75) is 26.3 Å². The van der Waals surface area contributed by atoms with Crippen LogP contribution in [0, 0.1) is 6.92 Å². The highest BCUT2D eigenvalue weighted by atomic mass is 16.4. The fourth-order valence-corrected chi connectivity index (χ4v) is 3.84. The van der Waals surface area contributed by atoms with Crippen molar-refractivity contribution in [2.24, 2.45) is 0 Å². The molecule has 0 spiro atoms. The van der Waals surface area contributed by atoms with Gasteiger partial charge in [0, 0.05) is 12.1 Å². The molecule has 1 aliphatic heterocycles. The zero-order valence-electron chi connectivity index (χ0n) is 15.8. The summed E-state index contributed by atoms with van der Waals surface area (Å²) in [6.45, 7) is 4.46. The van der Waals surface area contributed by atoms with Crippen LogP contribution < -0.4 is 0 Å². The molecule has 0 radical (unpaired) electrons. The Balaban J connectivity index is 1.58. The second-order valence-electron chi connectivity index (χ2n) is 7.03. The first-order valence-corrected chi connectivity index (χ1v) is 9.24. The molecular weight excluding hydrogens is 354 g/mol. The number of hydrogen-bond acceptors (Lipinski definition) is 3. The molecule has 2 heterocycles. The third kappa shape index (κ3) is 2.97. The number of carboxylic acids is 1. The molecule has 1 amide bonds. The third-order valence-electron chi connectivity index (χ3n) is 5.45. The smallest absolute Gasteiger partial charge is 0.339 e. The molecule has 0 bridgehead atoms. The van der Waals surface area contributed by atoms with Crippen LogP contribution in [0.15, 0.2) is 54.7 Å². The lowest BCUT2D eigenvalue weighted by Gasteiger charge is -2.35. The van der Waals surface area contributed by atoms with E-state index in [1.165, 1.54) is 17.3 Å². The van der Waals surface area contributed by atoms with Crippen molar-refractivity contribution in [3.63, 3.8) is 0 Å². The van der Waals surface area contributed by atoms with Crippen molar-refractivity contribution in [3.8, 4) is 5.69 Å². The molecule has 4 rings (SSSR count). The van der Waals surface area contributed by atoms with E-state index in [2.05, 4.69) is 24.2 Å². The number of nitrogens with zero attached hydrogens (tertiary/aromatic N) is 3. The normalized spacial score (nSPS) is 15.9. The lowest BCUT2D eigenvalue weighted by atomic mass is 9.93. The number of benzene rings is 2. The van der Waals surface area contributed by atoms with Crippen molar-refractivity contribution in [1.29, 1.82) is 0 Å². The van der Waals surface area contributed by atoms with Crippen molar-refractivity contribution >= 4 is 11.9 Å². The summed E-state index contributed by atoms with van der Waals surface area (Å²) >= 11 is 0. The number of hydrogen-bond donors (Lipinski definition) is 1. The summed E-state index contributed by atoms with van der Waals surface area (Å²) < 4.78 is 1.57. The van der Waals surface area contributed by atoms with Gasteiger partial charge in [0.1, 0.15) is 5.56 Å². The molecule has 142 valence electrons. The SMILES string of the molecule is Cc1c(C(=O)O)cnn1-c1ccc(C(=O)N2CCc3ccccc3C2C)cc1. The minimum atomic E-state index is -1.00. The molecule has 0 fully saturated rings. The topological polar surface area (TPSA) is 75.4 Å². The summed E-state index contributed by atoms with van der Waals surface area (Å²) in [4.78, 5) is 26.2. The summed E-state index contributed by atoms with van der Waals surface area (Å²) in [7, 11) is 0. The van der Waals surface area contributed by atoms with E-state index in [1.807, 2.05) is 17.0 Å². The van der Waals surface area contributed by atoms with Crippen LogP contribution in [0.25, 0.3) is 5.69 Å². The maximum atomic E-state index is 13.1. The zero-order valence-corrected chi connectivity index (χ0v) is 15.8. The molecule has 1 unspecified atom stereocenters. The van der Waals surface area contributed by atoms with E-state index >= 15 is 0 Å². The van der Waals surface area contributed by atoms with Gasteiger partial charge >= 0.3 is 5.97 Å². The van der Waals surface area contributed by atoms with Gasteiger partial charge in [-0.15, -0.1) is 0 Å². The Labute approximate surface area is 163 Å². The number of aromatic nitrogens is 2. The van der Waals surface area contributed by atoms with E-state index < -0.39 is 5.97 Å². The highest BCUT2D eigenvalue weighted by Crippen LogP contribution is 2.30. The standard InChI is InChI=1S/C22H21N3O3/c1-14-19-6-4-3-5-16(19)11-12-24(14)21(26)17-7-9-18(10-8-17)25-15(2)20(13-23-25)22(27)28/h3-10,13-14H,11-12H2,1-2H3,(H,27,28). The van der Waals surface area contributed by atoms with Gasteiger partial charge in [-0.3, -0.25) is 4.79 Å². The van der Waals surface area contributed by atoms with Crippen LogP contribution in [-0.4, -0.2) is 38.2 Å². The number of aromatic carboxylic acids is 1. The maximum absolute atomic E-state index is 13.1. The third-order valence-corrected chi connectivity index (χ3v) is 5.45. The molecule has 0 aliphatic carbocycles. The summed E-state index contributed by atoms with van der Waals surface area (Å²) in [6.07, 6.45) is 2.19. The van der Waals surface area contributed by atoms with E-state index in [-0.39, 0.29) is 17.5 Å². The van der Waals surface area contributed by atoms with Crippen molar-refractivity contribution in [2.75, 3.05) is 6.54 Å². The lowest BCUT2D eigenvalue weighted by Crippen LogP contribution is -2.38. The Bertz CT molecular complexity index is 1050. The van der Waals surface area contributed by atoms with Crippen LogP contribution in [-0.2, 0) is 6.42 Å². The van der Waals surface area contributed by atoms with Gasteiger partial charge in [0.2, 0.25) is 0 Å². The predicted octanol–water partition coefficient (Wildman–Crippen LogP) is 3.64. The fourth-order valence-electron chi connectivity index (χ4n) is 3.84. The monoisotopic (exact) mass is 375 g/mol. The van der Waals surface area contributed by atoms with E-state index in [4.69, 9.17) is 0 Å². The molecular formula is C22H21N3O3. The van der Waals surface area contributed by atoms with Crippen LogP contribution in [0.5, 0.6) is 0 Å². The molecule has 1 aromatic heterocycles.